The number of aryl methyl sites for hydroxylation is 1. The zero-order valence-corrected chi connectivity index (χ0v) is 14.2. The first kappa shape index (κ1) is 17.6. The lowest BCUT2D eigenvalue weighted by Crippen LogP contribution is -2.48. The summed E-state index contributed by atoms with van der Waals surface area (Å²) in [6, 6.07) is 7.83. The van der Waals surface area contributed by atoms with Crippen LogP contribution >= 0.6 is 0 Å². The Balaban J connectivity index is 1.68. The lowest BCUT2D eigenvalue weighted by atomic mass is 9.77. The Morgan fingerprint density at radius 2 is 2.13 bits per heavy atom. The summed E-state index contributed by atoms with van der Waals surface area (Å²) in [5.41, 5.74) is 1.16. The van der Waals surface area contributed by atoms with Gasteiger partial charge in [0.2, 0.25) is 0 Å². The number of hydrogen-bond acceptors (Lipinski definition) is 3. The van der Waals surface area contributed by atoms with Crippen molar-refractivity contribution in [3.63, 3.8) is 0 Å². The molecule has 23 heavy (non-hydrogen) atoms. The van der Waals surface area contributed by atoms with Gasteiger partial charge in [0.15, 0.2) is 0 Å². The second kappa shape index (κ2) is 8.20. The highest BCUT2D eigenvalue weighted by Crippen LogP contribution is 2.34. The minimum atomic E-state index is -0.0412. The number of carbonyl (C=O) groups excluding carboxylic acids is 1. The number of amides is 2. The van der Waals surface area contributed by atoms with Crippen LogP contribution in [0.1, 0.15) is 31.7 Å². The van der Waals surface area contributed by atoms with E-state index in [4.69, 9.17) is 4.74 Å². The fourth-order valence-corrected chi connectivity index (χ4v) is 2.95. The van der Waals surface area contributed by atoms with E-state index in [1.165, 1.54) is 0 Å². The molecule has 128 valence electrons. The Kier molecular flexibility index (Phi) is 6.28. The lowest BCUT2D eigenvalue weighted by Gasteiger charge is -2.40. The van der Waals surface area contributed by atoms with Crippen molar-refractivity contribution in [1.29, 1.82) is 0 Å². The Morgan fingerprint density at radius 1 is 1.39 bits per heavy atom. The first-order chi connectivity index (χ1) is 11.1. The van der Waals surface area contributed by atoms with E-state index in [1.54, 1.807) is 0 Å². The molecule has 0 aromatic heterocycles. The van der Waals surface area contributed by atoms with Gasteiger partial charge in [0.1, 0.15) is 12.4 Å². The van der Waals surface area contributed by atoms with Gasteiger partial charge in [-0.05, 0) is 49.3 Å². The van der Waals surface area contributed by atoms with Gasteiger partial charge in [0, 0.05) is 19.7 Å². The molecule has 0 aliphatic carbocycles. The van der Waals surface area contributed by atoms with Gasteiger partial charge in [-0.25, -0.2) is 4.79 Å². The van der Waals surface area contributed by atoms with Gasteiger partial charge >= 0.3 is 6.03 Å². The molecule has 0 spiro atoms. The van der Waals surface area contributed by atoms with Crippen molar-refractivity contribution in [2.45, 2.75) is 33.1 Å². The number of nitrogens with zero attached hydrogens (tertiary/aromatic N) is 1. The molecule has 0 atom stereocenters. The monoisotopic (exact) mass is 320 g/mol. The number of aliphatic hydroxyl groups is 1. The number of aliphatic hydroxyl groups excluding tert-OH is 1. The number of hydrogen-bond donors (Lipinski definition) is 2. The minimum Gasteiger partial charge on any atom is -0.492 e. The molecule has 2 N–H and O–H groups in total. The molecule has 0 radical (unpaired) electrons. The molecule has 2 amide bonds. The number of ether oxygens (including phenoxy) is 1. The number of nitrogens with one attached hydrogen (secondary N) is 1. The summed E-state index contributed by atoms with van der Waals surface area (Å²) in [5.74, 6) is 0.827. The van der Waals surface area contributed by atoms with Gasteiger partial charge in [0.05, 0.1) is 6.54 Å². The third-order valence-electron chi connectivity index (χ3n) is 4.83. The first-order valence-corrected chi connectivity index (χ1v) is 8.42. The first-order valence-electron chi connectivity index (χ1n) is 8.42. The molecule has 5 heteroatoms. The van der Waals surface area contributed by atoms with E-state index in [2.05, 4.69) is 12.2 Å². The van der Waals surface area contributed by atoms with Gasteiger partial charge in [-0.3, -0.25) is 0 Å². The van der Waals surface area contributed by atoms with Crippen molar-refractivity contribution < 1.29 is 14.6 Å². The van der Waals surface area contributed by atoms with E-state index in [0.29, 0.717) is 26.2 Å². The fourth-order valence-electron chi connectivity index (χ4n) is 2.95. The zero-order valence-electron chi connectivity index (χ0n) is 14.2. The molecular weight excluding hydrogens is 292 g/mol. The van der Waals surface area contributed by atoms with E-state index in [9.17, 15) is 9.90 Å². The third kappa shape index (κ3) is 4.86. The van der Waals surface area contributed by atoms with Crippen LogP contribution in [0.5, 0.6) is 5.75 Å². The van der Waals surface area contributed by atoms with E-state index < -0.39 is 0 Å². The maximum Gasteiger partial charge on any atom is 0.317 e. The van der Waals surface area contributed by atoms with Gasteiger partial charge in [-0.15, -0.1) is 0 Å². The number of benzene rings is 1. The smallest absolute Gasteiger partial charge is 0.317 e. The van der Waals surface area contributed by atoms with Crippen LogP contribution in [0.15, 0.2) is 24.3 Å². The highest BCUT2D eigenvalue weighted by molar-refractivity contribution is 5.74. The van der Waals surface area contributed by atoms with Crippen LogP contribution in [-0.4, -0.2) is 48.9 Å². The number of piperidine rings is 1. The lowest BCUT2D eigenvalue weighted by molar-refractivity contribution is 0.0518. The highest BCUT2D eigenvalue weighted by Gasteiger charge is 2.33. The van der Waals surface area contributed by atoms with Crippen molar-refractivity contribution in [2.24, 2.45) is 5.41 Å². The minimum absolute atomic E-state index is 0.00502. The Hall–Kier alpha value is -1.75. The van der Waals surface area contributed by atoms with Crippen molar-refractivity contribution in [3.05, 3.63) is 29.8 Å². The standard InChI is InChI=1S/C18H28N2O3/c1-3-18(14-21)7-10-20(11-8-18)17(22)19-9-12-23-16-6-4-5-15(2)13-16/h4-6,13,21H,3,7-12,14H2,1-2H3,(H,19,22). The number of carbonyl (C=O) groups is 1. The molecule has 5 nitrogen and oxygen atoms in total. The van der Waals surface area contributed by atoms with Crippen molar-refractivity contribution in [1.82, 2.24) is 10.2 Å². The topological polar surface area (TPSA) is 61.8 Å². The second-order valence-corrected chi connectivity index (χ2v) is 6.40. The normalized spacial score (nSPS) is 16.9. The molecule has 0 bridgehead atoms. The summed E-state index contributed by atoms with van der Waals surface area (Å²) in [5, 5.41) is 12.4. The molecule has 0 unspecified atom stereocenters. The maximum atomic E-state index is 12.1. The average Bonchev–Trinajstić information content (AvgIpc) is 2.58. The number of likely N-dealkylation sites (tertiary alicyclic amines) is 1. The van der Waals surface area contributed by atoms with Crippen molar-refractivity contribution in [2.75, 3.05) is 32.8 Å². The van der Waals surface area contributed by atoms with Crippen molar-refractivity contribution in [3.8, 4) is 5.75 Å². The molecule has 1 fully saturated rings. The van der Waals surface area contributed by atoms with E-state index in [1.807, 2.05) is 36.1 Å². The molecule has 1 aromatic rings. The second-order valence-electron chi connectivity index (χ2n) is 6.40. The number of rotatable bonds is 6. The Labute approximate surface area is 138 Å². The van der Waals surface area contributed by atoms with Crippen LogP contribution in [0, 0.1) is 12.3 Å². The van der Waals surface area contributed by atoms with Crippen LogP contribution in [-0.2, 0) is 0 Å². The van der Waals surface area contributed by atoms with Gasteiger partial charge in [-0.2, -0.15) is 0 Å². The van der Waals surface area contributed by atoms with Gasteiger partial charge in [-0.1, -0.05) is 19.1 Å². The molecule has 2 rings (SSSR count). The summed E-state index contributed by atoms with van der Waals surface area (Å²) in [6.07, 6.45) is 2.70. The average molecular weight is 320 g/mol. The van der Waals surface area contributed by atoms with Crippen molar-refractivity contribution >= 4 is 6.03 Å². The zero-order chi connectivity index (χ0) is 16.7. The largest absolute Gasteiger partial charge is 0.492 e. The van der Waals surface area contributed by atoms with Gasteiger partial charge < -0.3 is 20.1 Å². The maximum absolute atomic E-state index is 12.1. The Morgan fingerprint density at radius 3 is 2.74 bits per heavy atom. The summed E-state index contributed by atoms with van der Waals surface area (Å²) >= 11 is 0. The summed E-state index contributed by atoms with van der Waals surface area (Å²) in [7, 11) is 0. The molecule has 1 aromatic carbocycles. The van der Waals surface area contributed by atoms with Crippen LogP contribution in [0.3, 0.4) is 0 Å². The SMILES string of the molecule is CCC1(CO)CCN(C(=O)NCCOc2cccc(C)c2)CC1. The molecule has 1 saturated heterocycles. The molecular formula is C18H28N2O3. The quantitative estimate of drug-likeness (QED) is 0.792. The van der Waals surface area contributed by atoms with Gasteiger partial charge in [0.25, 0.3) is 0 Å². The van der Waals surface area contributed by atoms with Crippen LogP contribution in [0.2, 0.25) is 0 Å². The van der Waals surface area contributed by atoms with Crippen LogP contribution in [0.4, 0.5) is 4.79 Å². The molecule has 1 heterocycles. The highest BCUT2D eigenvalue weighted by atomic mass is 16.5. The van der Waals surface area contributed by atoms with Crippen LogP contribution < -0.4 is 10.1 Å². The fraction of sp³-hybridized carbons (Fsp3) is 0.611. The van der Waals surface area contributed by atoms with E-state index in [-0.39, 0.29) is 18.1 Å². The predicted octanol–water partition coefficient (Wildman–Crippen LogP) is 2.57. The summed E-state index contributed by atoms with van der Waals surface area (Å²) in [4.78, 5) is 14.0. The van der Waals surface area contributed by atoms with E-state index >= 15 is 0 Å². The molecule has 1 aliphatic rings. The summed E-state index contributed by atoms with van der Waals surface area (Å²) < 4.78 is 5.63. The van der Waals surface area contributed by atoms with Crippen LogP contribution in [0.25, 0.3) is 0 Å². The number of urea groups is 1. The van der Waals surface area contributed by atoms with E-state index in [0.717, 1.165) is 30.6 Å². The third-order valence-corrected chi connectivity index (χ3v) is 4.83. The molecule has 1 aliphatic heterocycles. The molecule has 0 saturated carbocycles. The summed E-state index contributed by atoms with van der Waals surface area (Å²) in [6.45, 7) is 6.70. The predicted molar refractivity (Wildman–Crippen MR) is 90.7 cm³/mol. The Bertz CT molecular complexity index is 505.